The van der Waals surface area contributed by atoms with Gasteiger partial charge in [0.1, 0.15) is 5.56 Å². The monoisotopic (exact) mass is 322 g/mol. The van der Waals surface area contributed by atoms with Gasteiger partial charge in [0.2, 0.25) is 5.82 Å². The number of nitrogens with zero attached hydrogens (tertiary/aromatic N) is 2. The van der Waals surface area contributed by atoms with Gasteiger partial charge in [0.05, 0.1) is 10.4 Å². The number of aromatic nitrogens is 1. The number of anilines is 1. The van der Waals surface area contributed by atoms with Crippen LogP contribution in [0.3, 0.4) is 0 Å². The Morgan fingerprint density at radius 3 is 2.50 bits per heavy atom. The molecule has 0 spiro atoms. The molecular weight excluding hydrogens is 308 g/mol. The fourth-order valence-electron chi connectivity index (χ4n) is 2.50. The van der Waals surface area contributed by atoms with Crippen LogP contribution in [0.15, 0.2) is 54.6 Å². The van der Waals surface area contributed by atoms with Crippen molar-refractivity contribution < 1.29 is 9.72 Å². The Bertz CT molecular complexity index is 926. The molecule has 0 radical (unpaired) electrons. The second-order valence-corrected chi connectivity index (χ2v) is 5.16. The lowest BCUT2D eigenvalue weighted by Crippen LogP contribution is -2.24. The number of amides is 1. The lowest BCUT2D eigenvalue weighted by molar-refractivity contribution is -0.384. The number of hydrogen-bond donors (Lipinski definition) is 2. The molecule has 0 aliphatic rings. The number of carbonyl (C=O) groups excluding carboxylic acids is 1. The van der Waals surface area contributed by atoms with Crippen molar-refractivity contribution in [2.75, 3.05) is 5.73 Å². The number of rotatable bonds is 4. The van der Waals surface area contributed by atoms with Gasteiger partial charge in [-0.3, -0.25) is 14.9 Å². The van der Waals surface area contributed by atoms with E-state index >= 15 is 0 Å². The Balaban J connectivity index is 2.04. The normalized spacial score (nSPS) is 10.5. The maximum absolute atomic E-state index is 12.6. The molecule has 1 aromatic heterocycles. The minimum absolute atomic E-state index is 0.0703. The molecule has 0 saturated heterocycles. The van der Waals surface area contributed by atoms with Crippen LogP contribution in [0.4, 0.5) is 11.5 Å². The summed E-state index contributed by atoms with van der Waals surface area (Å²) in [6.45, 7) is 0.257. The van der Waals surface area contributed by atoms with Crippen LogP contribution >= 0.6 is 0 Å². The van der Waals surface area contributed by atoms with Crippen molar-refractivity contribution in [2.24, 2.45) is 0 Å². The van der Waals surface area contributed by atoms with E-state index in [9.17, 15) is 14.9 Å². The van der Waals surface area contributed by atoms with Crippen LogP contribution in [-0.4, -0.2) is 15.8 Å². The molecule has 7 heteroatoms. The van der Waals surface area contributed by atoms with Gasteiger partial charge >= 0.3 is 5.69 Å². The SMILES string of the molecule is Nc1nc2ccccc2c(C(=O)NCc2ccccc2)c1[N+](=O)[O-]. The van der Waals surface area contributed by atoms with Gasteiger partial charge in [0, 0.05) is 11.9 Å². The number of nitrogens with one attached hydrogen (secondary N) is 1. The predicted octanol–water partition coefficient (Wildman–Crippen LogP) is 2.66. The van der Waals surface area contributed by atoms with Gasteiger partial charge in [-0.2, -0.15) is 0 Å². The first-order valence-electron chi connectivity index (χ1n) is 7.22. The zero-order chi connectivity index (χ0) is 17.1. The number of para-hydroxylation sites is 1. The molecule has 24 heavy (non-hydrogen) atoms. The number of benzene rings is 2. The number of nitrogen functional groups attached to an aromatic ring is 1. The van der Waals surface area contributed by atoms with Gasteiger partial charge in [-0.25, -0.2) is 4.98 Å². The van der Waals surface area contributed by atoms with E-state index in [0.29, 0.717) is 10.9 Å². The molecule has 3 aromatic rings. The van der Waals surface area contributed by atoms with E-state index in [0.717, 1.165) is 5.56 Å². The maximum atomic E-state index is 12.6. The van der Waals surface area contributed by atoms with Crippen LogP contribution in [0.25, 0.3) is 10.9 Å². The predicted molar refractivity (Wildman–Crippen MR) is 90.4 cm³/mol. The Kier molecular flexibility index (Phi) is 4.07. The van der Waals surface area contributed by atoms with E-state index in [1.165, 1.54) is 0 Å². The van der Waals surface area contributed by atoms with E-state index in [1.807, 2.05) is 30.3 Å². The maximum Gasteiger partial charge on any atom is 0.324 e. The van der Waals surface area contributed by atoms with Crippen LogP contribution in [0.5, 0.6) is 0 Å². The lowest BCUT2D eigenvalue weighted by atomic mass is 10.1. The van der Waals surface area contributed by atoms with Gasteiger partial charge in [-0.1, -0.05) is 48.5 Å². The van der Waals surface area contributed by atoms with Crippen molar-refractivity contribution in [3.63, 3.8) is 0 Å². The lowest BCUT2D eigenvalue weighted by Gasteiger charge is -2.10. The second-order valence-electron chi connectivity index (χ2n) is 5.16. The van der Waals surface area contributed by atoms with E-state index in [1.54, 1.807) is 24.3 Å². The van der Waals surface area contributed by atoms with Crippen LogP contribution in [0.2, 0.25) is 0 Å². The van der Waals surface area contributed by atoms with Gasteiger partial charge in [-0.05, 0) is 11.6 Å². The smallest absolute Gasteiger partial charge is 0.324 e. The van der Waals surface area contributed by atoms with Crippen molar-refractivity contribution >= 4 is 28.3 Å². The van der Waals surface area contributed by atoms with E-state index in [4.69, 9.17) is 5.73 Å². The van der Waals surface area contributed by atoms with Crippen molar-refractivity contribution in [1.29, 1.82) is 0 Å². The fourth-order valence-corrected chi connectivity index (χ4v) is 2.50. The number of hydrogen-bond acceptors (Lipinski definition) is 5. The number of nitrogens with two attached hydrogens (primary N) is 1. The minimum atomic E-state index is -0.674. The zero-order valence-electron chi connectivity index (χ0n) is 12.6. The van der Waals surface area contributed by atoms with Crippen LogP contribution in [0, 0.1) is 10.1 Å². The van der Waals surface area contributed by atoms with Crippen LogP contribution < -0.4 is 11.1 Å². The van der Waals surface area contributed by atoms with Gasteiger partial charge in [0.15, 0.2) is 0 Å². The zero-order valence-corrected chi connectivity index (χ0v) is 12.6. The van der Waals surface area contributed by atoms with E-state index in [-0.39, 0.29) is 17.9 Å². The summed E-state index contributed by atoms with van der Waals surface area (Å²) in [5, 5.41) is 14.5. The summed E-state index contributed by atoms with van der Waals surface area (Å²) in [5.74, 6) is -0.834. The largest absolute Gasteiger partial charge is 0.378 e. The summed E-state index contributed by atoms with van der Waals surface area (Å²) < 4.78 is 0. The minimum Gasteiger partial charge on any atom is -0.378 e. The first kappa shape index (κ1) is 15.4. The third-order valence-electron chi connectivity index (χ3n) is 3.60. The third kappa shape index (κ3) is 2.87. The summed E-state index contributed by atoms with van der Waals surface area (Å²) in [7, 11) is 0. The Morgan fingerprint density at radius 1 is 1.12 bits per heavy atom. The molecule has 0 atom stereocenters. The molecule has 3 rings (SSSR count). The molecule has 2 aromatic carbocycles. The van der Waals surface area contributed by atoms with Crippen molar-refractivity contribution in [1.82, 2.24) is 10.3 Å². The molecule has 1 amide bonds. The van der Waals surface area contributed by atoms with Crippen molar-refractivity contribution in [2.45, 2.75) is 6.54 Å². The Morgan fingerprint density at radius 2 is 1.79 bits per heavy atom. The molecule has 0 bridgehead atoms. The van der Waals surface area contributed by atoms with Gasteiger partial charge in [-0.15, -0.1) is 0 Å². The van der Waals surface area contributed by atoms with Gasteiger partial charge < -0.3 is 11.1 Å². The molecule has 1 heterocycles. The first-order valence-corrected chi connectivity index (χ1v) is 7.22. The standard InChI is InChI=1S/C17H14N4O3/c18-16-15(21(23)24)14(12-8-4-5-9-13(12)20-16)17(22)19-10-11-6-2-1-3-7-11/h1-9H,10H2,(H2,18,20)(H,19,22). The summed E-state index contributed by atoms with van der Waals surface area (Å²) in [4.78, 5) is 27.3. The Labute approximate surface area is 137 Å². The average molecular weight is 322 g/mol. The average Bonchev–Trinajstić information content (AvgIpc) is 2.59. The van der Waals surface area contributed by atoms with Crippen LogP contribution in [0.1, 0.15) is 15.9 Å². The summed E-state index contributed by atoms with van der Waals surface area (Å²) in [6.07, 6.45) is 0. The fraction of sp³-hybridized carbons (Fsp3) is 0.0588. The molecule has 0 saturated carbocycles. The highest BCUT2D eigenvalue weighted by Crippen LogP contribution is 2.31. The van der Waals surface area contributed by atoms with Crippen molar-refractivity contribution in [3.05, 3.63) is 75.8 Å². The third-order valence-corrected chi connectivity index (χ3v) is 3.60. The molecule has 7 nitrogen and oxygen atoms in total. The summed E-state index contributed by atoms with van der Waals surface area (Å²) in [6, 6.07) is 16.0. The molecule has 3 N–H and O–H groups in total. The second kappa shape index (κ2) is 6.33. The molecule has 0 aliphatic heterocycles. The molecule has 0 fully saturated rings. The summed E-state index contributed by atoms with van der Waals surface area (Å²) >= 11 is 0. The van der Waals surface area contributed by atoms with Crippen LogP contribution in [-0.2, 0) is 6.54 Å². The number of nitro groups is 1. The quantitative estimate of drug-likeness (QED) is 0.566. The number of carbonyl (C=O) groups is 1. The Hall–Kier alpha value is -3.48. The molecular formula is C17H14N4O3. The number of pyridine rings is 1. The topological polar surface area (TPSA) is 111 Å². The van der Waals surface area contributed by atoms with E-state index < -0.39 is 16.5 Å². The van der Waals surface area contributed by atoms with E-state index in [2.05, 4.69) is 10.3 Å². The number of fused-ring (bicyclic) bond motifs is 1. The molecule has 0 aliphatic carbocycles. The van der Waals surface area contributed by atoms with Crippen molar-refractivity contribution in [3.8, 4) is 0 Å². The van der Waals surface area contributed by atoms with Gasteiger partial charge in [0.25, 0.3) is 5.91 Å². The highest BCUT2D eigenvalue weighted by atomic mass is 16.6. The summed E-state index contributed by atoms with van der Waals surface area (Å²) in [5.41, 5.74) is 6.48. The highest BCUT2D eigenvalue weighted by Gasteiger charge is 2.27. The molecule has 0 unspecified atom stereocenters. The molecule has 120 valence electrons. The first-order chi connectivity index (χ1) is 11.6. The highest BCUT2D eigenvalue weighted by molar-refractivity contribution is 6.11.